The lowest BCUT2D eigenvalue weighted by Crippen LogP contribution is -2.38. The number of anilines is 2. The van der Waals surface area contributed by atoms with Crippen LogP contribution >= 0.6 is 11.3 Å². The molecule has 0 aromatic carbocycles. The molecule has 1 aromatic heterocycles. The minimum absolute atomic E-state index is 0.155. The van der Waals surface area contributed by atoms with Crippen LogP contribution in [0.4, 0.5) is 10.9 Å². The Balaban J connectivity index is 1.91. The smallest absolute Gasteiger partial charge is 0.265 e. The molecule has 2 heterocycles. The summed E-state index contributed by atoms with van der Waals surface area (Å²) in [6.45, 7) is 2.58. The predicted molar refractivity (Wildman–Crippen MR) is 78.2 cm³/mol. The van der Waals surface area contributed by atoms with Crippen molar-refractivity contribution in [1.29, 1.82) is 0 Å². The second-order valence-electron chi connectivity index (χ2n) is 4.51. The van der Waals surface area contributed by atoms with Crippen molar-refractivity contribution < 1.29 is 14.3 Å². The number of ether oxygens (including phenoxy) is 2. The van der Waals surface area contributed by atoms with Gasteiger partial charge in [0.15, 0.2) is 5.13 Å². The first-order valence-corrected chi connectivity index (χ1v) is 7.40. The molecular formula is C12H20N4O3S. The van der Waals surface area contributed by atoms with Gasteiger partial charge >= 0.3 is 0 Å². The summed E-state index contributed by atoms with van der Waals surface area (Å²) in [5.41, 5.74) is 5.79. The third-order valence-corrected chi connectivity index (χ3v) is 4.03. The molecule has 0 atom stereocenters. The molecule has 0 radical (unpaired) electrons. The van der Waals surface area contributed by atoms with E-state index in [-0.39, 0.29) is 17.8 Å². The molecule has 1 amide bonds. The number of hydrogen-bond donors (Lipinski definition) is 3. The van der Waals surface area contributed by atoms with Gasteiger partial charge in [0.1, 0.15) is 10.7 Å². The minimum atomic E-state index is -0.160. The van der Waals surface area contributed by atoms with Gasteiger partial charge in [-0.25, -0.2) is 4.98 Å². The fourth-order valence-electron chi connectivity index (χ4n) is 1.92. The van der Waals surface area contributed by atoms with Gasteiger partial charge in [-0.2, -0.15) is 0 Å². The molecule has 0 spiro atoms. The third kappa shape index (κ3) is 4.06. The summed E-state index contributed by atoms with van der Waals surface area (Å²) < 4.78 is 10.2. The maximum Gasteiger partial charge on any atom is 0.265 e. The monoisotopic (exact) mass is 300 g/mol. The van der Waals surface area contributed by atoms with E-state index in [1.807, 2.05) is 0 Å². The lowest BCUT2D eigenvalue weighted by atomic mass is 10.1. The summed E-state index contributed by atoms with van der Waals surface area (Å²) in [5.74, 6) is 0.103. The van der Waals surface area contributed by atoms with Crippen molar-refractivity contribution in [2.45, 2.75) is 18.9 Å². The Hall–Kier alpha value is -1.38. The highest BCUT2D eigenvalue weighted by Crippen LogP contribution is 2.25. The second-order valence-corrected chi connectivity index (χ2v) is 5.51. The molecule has 1 fully saturated rings. The van der Waals surface area contributed by atoms with Crippen molar-refractivity contribution in [3.8, 4) is 0 Å². The zero-order chi connectivity index (χ0) is 14.4. The summed E-state index contributed by atoms with van der Waals surface area (Å²) >= 11 is 1.26. The standard InChI is InChI=1S/C12H20N4O3S/c1-18-7-4-14-12-16-10(13)9(20-12)11(17)15-8-2-5-19-6-3-8/h8H,2-7,13H2,1H3,(H,14,16)(H,15,17). The van der Waals surface area contributed by atoms with Crippen LogP contribution in [0.2, 0.25) is 0 Å². The van der Waals surface area contributed by atoms with Gasteiger partial charge in [0.25, 0.3) is 5.91 Å². The summed E-state index contributed by atoms with van der Waals surface area (Å²) in [4.78, 5) is 16.8. The van der Waals surface area contributed by atoms with Crippen molar-refractivity contribution in [3.63, 3.8) is 0 Å². The minimum Gasteiger partial charge on any atom is -0.383 e. The van der Waals surface area contributed by atoms with Gasteiger partial charge in [-0.1, -0.05) is 11.3 Å². The molecule has 0 saturated carbocycles. The van der Waals surface area contributed by atoms with E-state index in [0.29, 0.717) is 36.4 Å². The lowest BCUT2D eigenvalue weighted by molar-refractivity contribution is 0.0698. The fourth-order valence-corrected chi connectivity index (χ4v) is 2.74. The van der Waals surface area contributed by atoms with Crippen molar-refractivity contribution in [2.75, 3.05) is 44.5 Å². The van der Waals surface area contributed by atoms with Gasteiger partial charge in [0, 0.05) is 32.9 Å². The second kappa shape index (κ2) is 7.41. The number of aromatic nitrogens is 1. The van der Waals surface area contributed by atoms with Crippen LogP contribution < -0.4 is 16.4 Å². The number of methoxy groups -OCH3 is 1. The van der Waals surface area contributed by atoms with Gasteiger partial charge in [0.05, 0.1) is 6.61 Å². The van der Waals surface area contributed by atoms with Crippen LogP contribution in [0.3, 0.4) is 0 Å². The molecule has 20 heavy (non-hydrogen) atoms. The number of hydrogen-bond acceptors (Lipinski definition) is 7. The molecule has 1 aliphatic heterocycles. The van der Waals surface area contributed by atoms with Crippen LogP contribution in [0.1, 0.15) is 22.5 Å². The molecule has 4 N–H and O–H groups in total. The molecule has 2 rings (SSSR count). The summed E-state index contributed by atoms with van der Waals surface area (Å²) in [6.07, 6.45) is 1.67. The van der Waals surface area contributed by atoms with Crippen molar-refractivity contribution in [3.05, 3.63) is 4.88 Å². The zero-order valence-electron chi connectivity index (χ0n) is 11.5. The highest BCUT2D eigenvalue weighted by Gasteiger charge is 2.21. The first-order chi connectivity index (χ1) is 9.70. The number of amides is 1. The molecule has 1 aliphatic rings. The van der Waals surface area contributed by atoms with Crippen LogP contribution in [-0.4, -0.2) is 50.4 Å². The first kappa shape index (κ1) is 15.0. The van der Waals surface area contributed by atoms with Crippen molar-refractivity contribution in [1.82, 2.24) is 10.3 Å². The normalized spacial score (nSPS) is 16.1. The number of carbonyl (C=O) groups excluding carboxylic acids is 1. The van der Waals surface area contributed by atoms with Crippen LogP contribution in [-0.2, 0) is 9.47 Å². The average molecular weight is 300 g/mol. The third-order valence-electron chi connectivity index (χ3n) is 3.00. The maximum absolute atomic E-state index is 12.2. The average Bonchev–Trinajstić information content (AvgIpc) is 2.81. The number of nitrogens with zero attached hydrogens (tertiary/aromatic N) is 1. The predicted octanol–water partition coefficient (Wildman–Crippen LogP) is 0.692. The molecular weight excluding hydrogens is 280 g/mol. The Morgan fingerprint density at radius 2 is 2.30 bits per heavy atom. The molecule has 0 bridgehead atoms. The molecule has 1 aromatic rings. The number of nitrogens with one attached hydrogen (secondary N) is 2. The van der Waals surface area contributed by atoms with Gasteiger partial charge < -0.3 is 25.8 Å². The SMILES string of the molecule is COCCNc1nc(N)c(C(=O)NC2CCOCC2)s1. The molecule has 7 nitrogen and oxygen atoms in total. The van der Waals surface area contributed by atoms with Crippen LogP contribution in [0.5, 0.6) is 0 Å². The van der Waals surface area contributed by atoms with Crippen molar-refractivity contribution >= 4 is 28.2 Å². The number of thiazole rings is 1. The van der Waals surface area contributed by atoms with Gasteiger partial charge in [-0.15, -0.1) is 0 Å². The zero-order valence-corrected chi connectivity index (χ0v) is 12.3. The van der Waals surface area contributed by atoms with E-state index in [1.54, 1.807) is 7.11 Å². The van der Waals surface area contributed by atoms with E-state index in [9.17, 15) is 4.79 Å². The van der Waals surface area contributed by atoms with E-state index < -0.39 is 0 Å². The summed E-state index contributed by atoms with van der Waals surface area (Å²) in [6, 6.07) is 0.155. The van der Waals surface area contributed by atoms with Crippen LogP contribution in [0.15, 0.2) is 0 Å². The molecule has 0 aliphatic carbocycles. The van der Waals surface area contributed by atoms with Crippen LogP contribution in [0, 0.1) is 0 Å². The quantitative estimate of drug-likeness (QED) is 0.669. The number of nitrogen functional groups attached to an aromatic ring is 1. The van der Waals surface area contributed by atoms with E-state index >= 15 is 0 Å². The van der Waals surface area contributed by atoms with Crippen LogP contribution in [0.25, 0.3) is 0 Å². The summed E-state index contributed by atoms with van der Waals surface area (Å²) in [7, 11) is 1.63. The fraction of sp³-hybridized carbons (Fsp3) is 0.667. The summed E-state index contributed by atoms with van der Waals surface area (Å²) in [5, 5.41) is 6.68. The van der Waals surface area contributed by atoms with Crippen molar-refractivity contribution in [2.24, 2.45) is 0 Å². The number of rotatable bonds is 6. The lowest BCUT2D eigenvalue weighted by Gasteiger charge is -2.22. The highest BCUT2D eigenvalue weighted by atomic mass is 32.1. The first-order valence-electron chi connectivity index (χ1n) is 6.58. The van der Waals surface area contributed by atoms with Gasteiger partial charge in [-0.05, 0) is 12.8 Å². The highest BCUT2D eigenvalue weighted by molar-refractivity contribution is 7.18. The molecule has 112 valence electrons. The Kier molecular flexibility index (Phi) is 5.57. The van der Waals surface area contributed by atoms with E-state index in [2.05, 4.69) is 15.6 Å². The van der Waals surface area contributed by atoms with E-state index in [1.165, 1.54) is 11.3 Å². The van der Waals surface area contributed by atoms with E-state index in [0.717, 1.165) is 12.8 Å². The Bertz CT molecular complexity index is 446. The number of carbonyl (C=O) groups is 1. The largest absolute Gasteiger partial charge is 0.383 e. The number of nitrogens with two attached hydrogens (primary N) is 1. The molecule has 8 heteroatoms. The topological polar surface area (TPSA) is 98.5 Å². The Morgan fingerprint density at radius 1 is 1.55 bits per heavy atom. The Labute approximate surface area is 121 Å². The Morgan fingerprint density at radius 3 is 3.00 bits per heavy atom. The maximum atomic E-state index is 12.2. The molecule has 1 saturated heterocycles. The molecule has 0 unspecified atom stereocenters. The van der Waals surface area contributed by atoms with E-state index in [4.69, 9.17) is 15.2 Å². The van der Waals surface area contributed by atoms with Gasteiger partial charge in [-0.3, -0.25) is 4.79 Å². The van der Waals surface area contributed by atoms with Gasteiger partial charge in [0.2, 0.25) is 0 Å².